The molecule has 2 heterocycles. The van der Waals surface area contributed by atoms with Gasteiger partial charge in [0.05, 0.1) is 17.0 Å². The predicted molar refractivity (Wildman–Crippen MR) is 118 cm³/mol. The Hall–Kier alpha value is -4.33. The minimum atomic E-state index is -1.09. The third kappa shape index (κ3) is 2.87. The molecule has 1 fully saturated rings. The number of carbonyl (C=O) groups is 2. The molecule has 1 spiro atoms. The van der Waals surface area contributed by atoms with Gasteiger partial charge in [-0.1, -0.05) is 36.4 Å². The topological polar surface area (TPSA) is 97.1 Å². The summed E-state index contributed by atoms with van der Waals surface area (Å²) in [6.07, 6.45) is 3.34. The quantitative estimate of drug-likeness (QED) is 0.499. The van der Waals surface area contributed by atoms with E-state index in [2.05, 4.69) is 15.4 Å². The number of nitrogens with one attached hydrogen (secondary N) is 1. The summed E-state index contributed by atoms with van der Waals surface area (Å²) in [6, 6.07) is 18.2. The maximum atomic E-state index is 14.9. The van der Waals surface area contributed by atoms with E-state index >= 15 is 0 Å². The molecule has 6 rings (SSSR count). The molecule has 2 atom stereocenters. The molecule has 2 unspecified atom stereocenters. The first-order chi connectivity index (χ1) is 16.0. The molecule has 2 aliphatic rings. The first-order valence-electron chi connectivity index (χ1n) is 10.4. The van der Waals surface area contributed by atoms with Crippen molar-refractivity contribution in [2.24, 2.45) is 5.92 Å². The van der Waals surface area contributed by atoms with Gasteiger partial charge in [0.25, 0.3) is 0 Å². The Kier molecular flexibility index (Phi) is 4.01. The Morgan fingerprint density at radius 2 is 1.73 bits per heavy atom. The van der Waals surface area contributed by atoms with Crippen LogP contribution in [0.5, 0.6) is 0 Å². The summed E-state index contributed by atoms with van der Waals surface area (Å²) in [5, 5.41) is 16.2. The van der Waals surface area contributed by atoms with E-state index in [-0.39, 0.29) is 12.3 Å². The summed E-state index contributed by atoms with van der Waals surface area (Å²) in [5.41, 5.74) is 3.68. The average molecular weight is 440 g/mol. The van der Waals surface area contributed by atoms with Crippen LogP contribution >= 0.6 is 0 Å². The molecule has 1 aliphatic carbocycles. The lowest BCUT2D eigenvalue weighted by Gasteiger charge is -2.11. The van der Waals surface area contributed by atoms with E-state index in [9.17, 15) is 19.1 Å². The number of rotatable bonds is 4. The van der Waals surface area contributed by atoms with Crippen molar-refractivity contribution in [1.82, 2.24) is 14.8 Å². The van der Waals surface area contributed by atoms with Gasteiger partial charge in [0.1, 0.15) is 18.5 Å². The van der Waals surface area contributed by atoms with Gasteiger partial charge in [0.2, 0.25) is 5.91 Å². The number of anilines is 1. The molecular weight excluding hydrogens is 423 g/mol. The number of aromatic nitrogens is 3. The molecule has 1 aliphatic heterocycles. The largest absolute Gasteiger partial charge is 0.481 e. The van der Waals surface area contributed by atoms with Gasteiger partial charge in [0.15, 0.2) is 0 Å². The van der Waals surface area contributed by atoms with E-state index in [0.29, 0.717) is 22.4 Å². The lowest BCUT2D eigenvalue weighted by Crippen LogP contribution is -2.24. The van der Waals surface area contributed by atoms with Crippen molar-refractivity contribution in [2.75, 3.05) is 5.32 Å². The fraction of sp³-hybridized carbons (Fsp3) is 0.120. The highest BCUT2D eigenvalue weighted by molar-refractivity contribution is 6.12. The molecular formula is C25H17FN4O3. The van der Waals surface area contributed by atoms with E-state index in [1.54, 1.807) is 17.1 Å². The second-order valence-electron chi connectivity index (χ2n) is 8.36. The molecule has 4 aromatic rings. The van der Waals surface area contributed by atoms with Gasteiger partial charge in [-0.25, -0.2) is 14.1 Å². The van der Waals surface area contributed by atoms with Gasteiger partial charge in [0, 0.05) is 11.3 Å². The summed E-state index contributed by atoms with van der Waals surface area (Å²) < 4.78 is 16.6. The fourth-order valence-electron chi connectivity index (χ4n) is 4.72. The smallest absolute Gasteiger partial charge is 0.307 e. The van der Waals surface area contributed by atoms with Crippen LogP contribution in [-0.2, 0) is 15.0 Å². The normalized spacial score (nSPS) is 20.5. The molecule has 3 aromatic carbocycles. The molecule has 0 radical (unpaired) electrons. The maximum Gasteiger partial charge on any atom is 0.307 e. The minimum absolute atomic E-state index is 0.232. The van der Waals surface area contributed by atoms with Gasteiger partial charge in [-0.05, 0) is 52.9 Å². The van der Waals surface area contributed by atoms with Gasteiger partial charge >= 0.3 is 5.97 Å². The zero-order valence-corrected chi connectivity index (χ0v) is 17.2. The molecule has 0 bridgehead atoms. The van der Waals surface area contributed by atoms with Crippen LogP contribution < -0.4 is 5.32 Å². The lowest BCUT2D eigenvalue weighted by molar-refractivity contribution is -0.140. The van der Waals surface area contributed by atoms with Gasteiger partial charge in [-0.15, -0.1) is 0 Å². The molecule has 2 N–H and O–H groups in total. The summed E-state index contributed by atoms with van der Waals surface area (Å²) in [5.74, 6) is -2.63. The third-order valence-electron chi connectivity index (χ3n) is 6.58. The van der Waals surface area contributed by atoms with Gasteiger partial charge < -0.3 is 10.4 Å². The Morgan fingerprint density at radius 1 is 1.06 bits per heavy atom. The molecule has 1 saturated carbocycles. The molecule has 0 saturated heterocycles. The van der Waals surface area contributed by atoms with Crippen LogP contribution in [0.3, 0.4) is 0 Å². The van der Waals surface area contributed by atoms with Crippen LogP contribution in [0.15, 0.2) is 73.3 Å². The number of nitrogens with zero attached hydrogens (tertiary/aromatic N) is 3. The van der Waals surface area contributed by atoms with Crippen LogP contribution in [0.2, 0.25) is 0 Å². The Bertz CT molecular complexity index is 1420. The summed E-state index contributed by atoms with van der Waals surface area (Å²) in [7, 11) is 0. The Morgan fingerprint density at radius 3 is 2.33 bits per heavy atom. The van der Waals surface area contributed by atoms with E-state index in [4.69, 9.17) is 0 Å². The molecule has 8 heteroatoms. The van der Waals surface area contributed by atoms with Crippen molar-refractivity contribution >= 4 is 17.6 Å². The predicted octanol–water partition coefficient (Wildman–Crippen LogP) is 4.03. The number of amides is 1. The second kappa shape index (κ2) is 6.83. The molecule has 33 heavy (non-hydrogen) atoms. The zero-order chi connectivity index (χ0) is 22.7. The average Bonchev–Trinajstić information content (AvgIpc) is 3.23. The molecule has 7 nitrogen and oxygen atoms in total. The number of fused-ring (bicyclic) bond motifs is 2. The number of hydrogen-bond acceptors (Lipinski definition) is 4. The van der Waals surface area contributed by atoms with Crippen LogP contribution in [0, 0.1) is 11.7 Å². The summed E-state index contributed by atoms with van der Waals surface area (Å²) in [4.78, 5) is 27.9. The Labute approximate surface area is 187 Å². The number of hydrogen-bond donors (Lipinski definition) is 2. The highest BCUT2D eigenvalue weighted by atomic mass is 19.1. The maximum absolute atomic E-state index is 14.9. The van der Waals surface area contributed by atoms with Crippen LogP contribution in [-0.4, -0.2) is 31.7 Å². The second-order valence-corrected chi connectivity index (χ2v) is 8.36. The first kappa shape index (κ1) is 19.4. The molecule has 1 amide bonds. The van der Waals surface area contributed by atoms with Crippen molar-refractivity contribution < 1.29 is 19.1 Å². The van der Waals surface area contributed by atoms with Crippen molar-refractivity contribution in [2.45, 2.75) is 11.8 Å². The summed E-state index contributed by atoms with van der Waals surface area (Å²) in [6.45, 7) is 0. The summed E-state index contributed by atoms with van der Waals surface area (Å²) >= 11 is 0. The third-order valence-corrected chi connectivity index (χ3v) is 6.58. The SMILES string of the molecule is O=C(O)C1CC12C(=O)Nc1cc(F)c(-c3ccc(-c4ccc(-n5cncn5)cc4)cc3)cc12. The zero-order valence-electron chi connectivity index (χ0n) is 17.2. The molecule has 162 valence electrons. The standard InChI is InChI=1S/C25H17FN4O3/c26-21-10-22-19(25(24(33)29-22)11-20(25)23(31)32)9-18(21)16-3-1-14(2-4-16)15-5-7-17(8-6-15)30-13-27-12-28-30/h1-10,12-13,20H,11H2,(H,29,33)(H,31,32). The number of benzene rings is 3. The fourth-order valence-corrected chi connectivity index (χ4v) is 4.72. The monoisotopic (exact) mass is 440 g/mol. The number of carboxylic acid groups (broad SMARTS) is 1. The highest BCUT2D eigenvalue weighted by Gasteiger charge is 2.68. The van der Waals surface area contributed by atoms with E-state index in [0.717, 1.165) is 16.8 Å². The number of carbonyl (C=O) groups excluding carboxylic acids is 1. The Balaban J connectivity index is 1.32. The first-order valence-corrected chi connectivity index (χ1v) is 10.4. The highest BCUT2D eigenvalue weighted by Crippen LogP contribution is 2.60. The van der Waals surface area contributed by atoms with Crippen LogP contribution in [0.25, 0.3) is 27.9 Å². The minimum Gasteiger partial charge on any atom is -0.481 e. The van der Waals surface area contributed by atoms with Crippen molar-refractivity contribution in [3.05, 3.63) is 84.7 Å². The van der Waals surface area contributed by atoms with Crippen LogP contribution in [0.4, 0.5) is 10.1 Å². The van der Waals surface area contributed by atoms with E-state index in [1.807, 2.05) is 48.5 Å². The van der Waals surface area contributed by atoms with Crippen molar-refractivity contribution in [1.29, 1.82) is 0 Å². The number of aliphatic carboxylic acids is 1. The lowest BCUT2D eigenvalue weighted by atomic mass is 9.91. The van der Waals surface area contributed by atoms with E-state index < -0.39 is 23.1 Å². The van der Waals surface area contributed by atoms with Crippen LogP contribution in [0.1, 0.15) is 12.0 Å². The van der Waals surface area contributed by atoms with Crippen molar-refractivity contribution in [3.63, 3.8) is 0 Å². The number of halogens is 1. The van der Waals surface area contributed by atoms with Gasteiger partial charge in [-0.2, -0.15) is 5.10 Å². The van der Waals surface area contributed by atoms with E-state index in [1.165, 1.54) is 12.4 Å². The van der Waals surface area contributed by atoms with Gasteiger partial charge in [-0.3, -0.25) is 9.59 Å². The molecule has 1 aromatic heterocycles. The number of carboxylic acids is 1. The van der Waals surface area contributed by atoms with Crippen molar-refractivity contribution in [3.8, 4) is 27.9 Å².